The molecule has 0 bridgehead atoms. The fourth-order valence-electron chi connectivity index (χ4n) is 1.44. The lowest BCUT2D eigenvalue weighted by Gasteiger charge is -2.07. The van der Waals surface area contributed by atoms with Crippen LogP contribution in [-0.2, 0) is 0 Å². The average Bonchev–Trinajstić information content (AvgIpc) is 2.32. The average molecular weight is 310 g/mol. The van der Waals surface area contributed by atoms with E-state index in [4.69, 9.17) is 5.11 Å². The van der Waals surface area contributed by atoms with Gasteiger partial charge in [-0.2, -0.15) is 0 Å². The fourth-order valence-corrected chi connectivity index (χ4v) is 1.82. The number of rotatable bonds is 2. The van der Waals surface area contributed by atoms with Crippen molar-refractivity contribution in [1.82, 2.24) is 0 Å². The number of phenols is 1. The van der Waals surface area contributed by atoms with E-state index in [0.29, 0.717) is 10.2 Å². The lowest BCUT2D eigenvalue weighted by atomic mass is 10.2. The molecular weight excluding hydrogens is 301 g/mol. The van der Waals surface area contributed by atoms with Crippen LogP contribution in [0.5, 0.6) is 5.75 Å². The van der Waals surface area contributed by atoms with E-state index in [2.05, 4.69) is 21.2 Å². The zero-order valence-electron chi connectivity index (χ0n) is 9.15. The minimum atomic E-state index is -0.764. The highest BCUT2D eigenvalue weighted by Gasteiger charge is 2.13. The molecular formula is C13H9BrFNO2. The molecule has 0 heterocycles. The number of nitrogens with one attached hydrogen (secondary N) is 1. The summed E-state index contributed by atoms with van der Waals surface area (Å²) in [7, 11) is 0. The van der Waals surface area contributed by atoms with Crippen LogP contribution in [-0.4, -0.2) is 11.0 Å². The first-order valence-electron chi connectivity index (χ1n) is 5.12. The summed E-state index contributed by atoms with van der Waals surface area (Å²) in [4.78, 5) is 11.8. The summed E-state index contributed by atoms with van der Waals surface area (Å²) >= 11 is 3.28. The first-order valence-corrected chi connectivity index (χ1v) is 5.91. The molecule has 0 spiro atoms. The van der Waals surface area contributed by atoms with Gasteiger partial charge in [0.15, 0.2) is 0 Å². The third-order valence-electron chi connectivity index (χ3n) is 2.32. The van der Waals surface area contributed by atoms with Gasteiger partial charge in [-0.05, 0) is 40.2 Å². The smallest absolute Gasteiger partial charge is 0.258 e. The summed E-state index contributed by atoms with van der Waals surface area (Å²) in [5, 5.41) is 11.7. The molecule has 18 heavy (non-hydrogen) atoms. The number of anilines is 1. The predicted octanol–water partition coefficient (Wildman–Crippen LogP) is 3.55. The van der Waals surface area contributed by atoms with Crippen molar-refractivity contribution < 1.29 is 14.3 Å². The van der Waals surface area contributed by atoms with Gasteiger partial charge in [-0.3, -0.25) is 4.79 Å². The number of para-hydroxylation sites is 1. The molecule has 0 saturated heterocycles. The van der Waals surface area contributed by atoms with E-state index in [9.17, 15) is 9.18 Å². The molecule has 0 aliphatic rings. The molecule has 0 aliphatic heterocycles. The zero-order valence-corrected chi connectivity index (χ0v) is 10.7. The molecule has 0 unspecified atom stereocenters. The van der Waals surface area contributed by atoms with Crippen LogP contribution in [0.2, 0.25) is 0 Å². The van der Waals surface area contributed by atoms with Crippen molar-refractivity contribution in [3.05, 3.63) is 58.3 Å². The second-order valence-electron chi connectivity index (χ2n) is 3.60. The highest BCUT2D eigenvalue weighted by atomic mass is 79.9. The van der Waals surface area contributed by atoms with Crippen LogP contribution in [0.1, 0.15) is 10.4 Å². The predicted molar refractivity (Wildman–Crippen MR) is 70.2 cm³/mol. The number of carbonyl (C=O) groups excluding carboxylic acids is 1. The molecule has 92 valence electrons. The molecule has 0 saturated carbocycles. The van der Waals surface area contributed by atoms with Gasteiger partial charge in [0.05, 0.1) is 11.3 Å². The first-order chi connectivity index (χ1) is 8.58. The molecule has 2 rings (SSSR count). The molecule has 0 aromatic heterocycles. The van der Waals surface area contributed by atoms with Gasteiger partial charge in [0.2, 0.25) is 0 Å². The molecule has 3 nitrogen and oxygen atoms in total. The number of hydrogen-bond donors (Lipinski definition) is 2. The maximum atomic E-state index is 13.5. The van der Waals surface area contributed by atoms with E-state index in [1.165, 1.54) is 12.1 Å². The van der Waals surface area contributed by atoms with E-state index >= 15 is 0 Å². The van der Waals surface area contributed by atoms with Crippen LogP contribution in [0.3, 0.4) is 0 Å². The van der Waals surface area contributed by atoms with E-state index in [1.807, 2.05) is 0 Å². The van der Waals surface area contributed by atoms with Crippen molar-refractivity contribution in [1.29, 1.82) is 0 Å². The number of phenolic OH excluding ortho intramolecular Hbond substituents is 1. The normalized spacial score (nSPS) is 10.1. The Hall–Kier alpha value is -1.88. The Balaban J connectivity index is 2.25. The lowest BCUT2D eigenvalue weighted by Crippen LogP contribution is -2.13. The number of hydrogen-bond acceptors (Lipinski definition) is 2. The summed E-state index contributed by atoms with van der Waals surface area (Å²) < 4.78 is 14.2. The van der Waals surface area contributed by atoms with E-state index in [1.54, 1.807) is 24.3 Å². The molecule has 2 aromatic rings. The Morgan fingerprint density at radius 2 is 1.94 bits per heavy atom. The third kappa shape index (κ3) is 2.68. The third-order valence-corrected chi connectivity index (χ3v) is 3.01. The first kappa shape index (κ1) is 12.6. The van der Waals surface area contributed by atoms with Crippen molar-refractivity contribution in [2.75, 3.05) is 5.32 Å². The summed E-state index contributed by atoms with van der Waals surface area (Å²) in [6.07, 6.45) is 0. The number of carbonyl (C=O) groups is 1. The van der Waals surface area contributed by atoms with Crippen LogP contribution >= 0.6 is 15.9 Å². The summed E-state index contributed by atoms with van der Waals surface area (Å²) in [5.74, 6) is -1.55. The van der Waals surface area contributed by atoms with Gasteiger partial charge >= 0.3 is 0 Å². The van der Waals surface area contributed by atoms with Gasteiger partial charge in [-0.15, -0.1) is 0 Å². The van der Waals surface area contributed by atoms with Crippen LogP contribution in [0.4, 0.5) is 10.1 Å². The van der Waals surface area contributed by atoms with Gasteiger partial charge < -0.3 is 10.4 Å². The Kier molecular flexibility index (Phi) is 3.62. The van der Waals surface area contributed by atoms with Crippen molar-refractivity contribution in [2.45, 2.75) is 0 Å². The minimum Gasteiger partial charge on any atom is -0.508 e. The second-order valence-corrected chi connectivity index (χ2v) is 4.45. The van der Waals surface area contributed by atoms with Gasteiger partial charge in [-0.1, -0.05) is 12.1 Å². The number of benzene rings is 2. The SMILES string of the molecule is O=C(Nc1ccccc1Br)c1ccc(O)cc1F. The standard InChI is InChI=1S/C13H9BrFNO2/c14-10-3-1-2-4-12(10)16-13(18)9-6-5-8(17)7-11(9)15/h1-7,17H,(H,16,18). The van der Waals surface area contributed by atoms with Crippen LogP contribution in [0, 0.1) is 5.82 Å². The topological polar surface area (TPSA) is 49.3 Å². The summed E-state index contributed by atoms with van der Waals surface area (Å²) in [6, 6.07) is 10.4. The maximum Gasteiger partial charge on any atom is 0.258 e. The van der Waals surface area contributed by atoms with Gasteiger partial charge in [0.1, 0.15) is 11.6 Å². The molecule has 5 heteroatoms. The highest BCUT2D eigenvalue weighted by molar-refractivity contribution is 9.10. The van der Waals surface area contributed by atoms with Crippen LogP contribution in [0.15, 0.2) is 46.9 Å². The largest absolute Gasteiger partial charge is 0.508 e. The monoisotopic (exact) mass is 309 g/mol. The Morgan fingerprint density at radius 3 is 2.61 bits per heavy atom. The zero-order chi connectivity index (χ0) is 13.1. The van der Waals surface area contributed by atoms with Crippen molar-refractivity contribution >= 4 is 27.5 Å². The van der Waals surface area contributed by atoms with Crippen molar-refractivity contribution in [3.8, 4) is 5.75 Å². The number of amides is 1. The molecule has 2 N–H and O–H groups in total. The van der Waals surface area contributed by atoms with E-state index < -0.39 is 11.7 Å². The Morgan fingerprint density at radius 1 is 1.22 bits per heavy atom. The van der Waals surface area contributed by atoms with E-state index in [0.717, 1.165) is 6.07 Å². The maximum absolute atomic E-state index is 13.5. The van der Waals surface area contributed by atoms with Gasteiger partial charge in [0.25, 0.3) is 5.91 Å². The lowest BCUT2D eigenvalue weighted by molar-refractivity contribution is 0.102. The highest BCUT2D eigenvalue weighted by Crippen LogP contribution is 2.23. The number of halogens is 2. The second kappa shape index (κ2) is 5.18. The quantitative estimate of drug-likeness (QED) is 0.891. The molecule has 0 aliphatic carbocycles. The molecule has 0 atom stereocenters. The van der Waals surface area contributed by atoms with E-state index in [-0.39, 0.29) is 11.3 Å². The molecule has 0 fully saturated rings. The van der Waals surface area contributed by atoms with Gasteiger partial charge in [0, 0.05) is 10.5 Å². The Labute approximate surface area is 111 Å². The van der Waals surface area contributed by atoms with Gasteiger partial charge in [-0.25, -0.2) is 4.39 Å². The summed E-state index contributed by atoms with van der Waals surface area (Å²) in [5.41, 5.74) is 0.429. The summed E-state index contributed by atoms with van der Waals surface area (Å²) in [6.45, 7) is 0. The molecule has 2 aromatic carbocycles. The van der Waals surface area contributed by atoms with Crippen molar-refractivity contribution in [3.63, 3.8) is 0 Å². The molecule has 0 radical (unpaired) electrons. The van der Waals surface area contributed by atoms with Crippen LogP contribution in [0.25, 0.3) is 0 Å². The van der Waals surface area contributed by atoms with Crippen molar-refractivity contribution in [2.24, 2.45) is 0 Å². The minimum absolute atomic E-state index is 0.122. The van der Waals surface area contributed by atoms with Crippen LogP contribution < -0.4 is 5.32 Å². The number of aromatic hydroxyl groups is 1. The Bertz CT molecular complexity index is 601. The fraction of sp³-hybridized carbons (Fsp3) is 0. The molecule has 1 amide bonds.